The molecule has 2 amide bonds. The van der Waals surface area contributed by atoms with Gasteiger partial charge in [0.1, 0.15) is 0 Å². The third-order valence-electron chi connectivity index (χ3n) is 4.37. The Labute approximate surface area is 170 Å². The molecular weight excluding hydrogens is 492 g/mol. The minimum atomic E-state index is -4.67. The van der Waals surface area contributed by atoms with Crippen LogP contribution in [0.25, 0.3) is 0 Å². The molecule has 2 fully saturated rings. The van der Waals surface area contributed by atoms with E-state index >= 15 is 0 Å². The average molecular weight is 513 g/mol. The number of hydrogen-bond donors (Lipinski definition) is 1. The molecule has 3 atom stereocenters. The summed E-state index contributed by atoms with van der Waals surface area (Å²) < 4.78 is 44.0. The Morgan fingerprint density at radius 2 is 2.00 bits per heavy atom. The Hall–Kier alpha value is -1.66. The van der Waals surface area contributed by atoms with Crippen molar-refractivity contribution in [2.75, 3.05) is 5.32 Å². The van der Waals surface area contributed by atoms with E-state index in [9.17, 15) is 22.8 Å². The molecule has 1 aromatic heterocycles. The second kappa shape index (κ2) is 6.70. The number of aromatic nitrogens is 2. The molecule has 0 saturated carbocycles. The number of hydrogen-bond acceptors (Lipinski definition) is 5. The molecule has 1 aromatic rings. The van der Waals surface area contributed by atoms with Crippen LogP contribution in [0.4, 0.5) is 23.8 Å². The zero-order valence-corrected chi connectivity index (χ0v) is 18.2. The molecule has 3 rings (SSSR count). The van der Waals surface area contributed by atoms with Crippen molar-refractivity contribution < 1.29 is 48.7 Å². The fourth-order valence-corrected chi connectivity index (χ4v) is 6.29. The molecule has 3 heterocycles. The van der Waals surface area contributed by atoms with Crippen LogP contribution in [-0.4, -0.2) is 46.0 Å². The number of aryl methyl sites for hydroxylation is 1. The van der Waals surface area contributed by atoms with Crippen molar-refractivity contribution in [3.63, 3.8) is 0 Å². The number of nitrogens with one attached hydrogen (secondary N) is 1. The maximum absolute atomic E-state index is 12.9. The minimum absolute atomic E-state index is 0.00871. The fourth-order valence-electron chi connectivity index (χ4n) is 2.98. The molecule has 0 spiro atoms. The van der Waals surface area contributed by atoms with Crippen molar-refractivity contribution in [1.29, 1.82) is 0 Å². The van der Waals surface area contributed by atoms with E-state index in [1.165, 1.54) is 11.8 Å². The van der Waals surface area contributed by atoms with E-state index in [2.05, 4.69) is 15.3 Å². The Bertz CT molecular complexity index is 827. The number of carbonyl (C=O) groups is 2. The van der Waals surface area contributed by atoms with Crippen LogP contribution in [0.3, 0.4) is 0 Å². The van der Waals surface area contributed by atoms with E-state index in [4.69, 9.17) is 4.74 Å². The van der Waals surface area contributed by atoms with E-state index in [0.29, 0.717) is 12.6 Å². The Morgan fingerprint density at radius 1 is 1.36 bits per heavy atom. The number of likely N-dealkylation sites (tertiary alicyclic amines) is 1. The summed E-state index contributed by atoms with van der Waals surface area (Å²) in [5.74, 6) is -0.843. The summed E-state index contributed by atoms with van der Waals surface area (Å²) in [4.78, 5) is 34.0. The normalized spacial score (nSPS) is 26.9. The Balaban J connectivity index is 1.81. The van der Waals surface area contributed by atoms with Crippen molar-refractivity contribution in [3.05, 3.63) is 17.6 Å². The van der Waals surface area contributed by atoms with Gasteiger partial charge in [-0.1, -0.05) is 0 Å². The van der Waals surface area contributed by atoms with Crippen molar-refractivity contribution >= 4 is 17.8 Å². The predicted octanol–water partition coefficient (Wildman–Crippen LogP) is -0.0609. The third-order valence-corrected chi connectivity index (χ3v) is 8.71. The first-order chi connectivity index (χ1) is 12.7. The molecule has 0 unspecified atom stereocenters. The second-order valence-corrected chi connectivity index (χ2v) is 12.3. The quantitative estimate of drug-likeness (QED) is 0.341. The van der Waals surface area contributed by atoms with E-state index < -0.39 is 35.5 Å². The molecule has 2 saturated heterocycles. The van der Waals surface area contributed by atoms with Gasteiger partial charge < -0.3 is 0 Å². The summed E-state index contributed by atoms with van der Waals surface area (Å²) in [7, 11) is 0. The van der Waals surface area contributed by atoms with Crippen LogP contribution in [-0.2, 0) is 15.7 Å². The summed E-state index contributed by atoms with van der Waals surface area (Å²) in [6, 6.07) is -0.811. The van der Waals surface area contributed by atoms with Crippen molar-refractivity contribution in [2.45, 2.75) is 66.3 Å². The molecule has 0 aromatic carbocycles. The first kappa shape index (κ1) is 21.1. The number of ether oxygens (including phenoxy) is 1. The van der Waals surface area contributed by atoms with Gasteiger partial charge in [-0.15, -0.1) is 0 Å². The predicted molar refractivity (Wildman–Crippen MR) is 89.1 cm³/mol. The van der Waals surface area contributed by atoms with Crippen LogP contribution >= 0.6 is 0 Å². The standard InChI is InChI=1S/C17H21F3IN4O3/c1-8-11(23-10(7-22-8)17(18,19)20)24-12(26)9-6-16(5)13(21-16)25(9)14(27)28-15(2,3)4/h7,9,13H,6H2,1-5H3,(H,23,24,26)/q-1/t9-,13-,16+/m0/s1. The molecule has 0 radical (unpaired) electrons. The average Bonchev–Trinajstić information content (AvgIpc) is 3.07. The molecule has 11 heteroatoms. The van der Waals surface area contributed by atoms with Crippen LogP contribution in [0, 0.1) is 6.92 Å². The van der Waals surface area contributed by atoms with Crippen molar-refractivity contribution in [2.24, 2.45) is 0 Å². The van der Waals surface area contributed by atoms with Gasteiger partial charge in [0.2, 0.25) is 0 Å². The summed E-state index contributed by atoms with van der Waals surface area (Å²) in [6.45, 7) is 8.68. The third kappa shape index (κ3) is 4.18. The van der Waals surface area contributed by atoms with E-state index in [0.717, 1.165) is 0 Å². The number of nitrogens with zero attached hydrogens (tertiary/aromatic N) is 3. The maximum atomic E-state index is 12.9. The van der Waals surface area contributed by atoms with Crippen LogP contribution in [0.15, 0.2) is 6.20 Å². The van der Waals surface area contributed by atoms with Gasteiger partial charge in [-0.25, -0.2) is 0 Å². The summed E-state index contributed by atoms with van der Waals surface area (Å²) in [5, 5.41) is 2.42. The van der Waals surface area contributed by atoms with E-state index in [1.54, 1.807) is 20.8 Å². The molecule has 0 bridgehead atoms. The van der Waals surface area contributed by atoms with Gasteiger partial charge in [-0.05, 0) is 0 Å². The number of fused-ring (bicyclic) bond motifs is 1. The number of carbonyl (C=O) groups excluding carboxylic acids is 2. The van der Waals surface area contributed by atoms with Crippen LogP contribution in [0.2, 0.25) is 0 Å². The van der Waals surface area contributed by atoms with Gasteiger partial charge in [0, 0.05) is 0 Å². The monoisotopic (exact) mass is 513 g/mol. The number of alkyl halides is 5. The first-order valence-corrected chi connectivity index (χ1v) is 10.9. The van der Waals surface area contributed by atoms with Gasteiger partial charge in [-0.3, -0.25) is 0 Å². The molecule has 1 N–H and O–H groups in total. The van der Waals surface area contributed by atoms with Crippen molar-refractivity contribution in [1.82, 2.24) is 14.9 Å². The SMILES string of the molecule is Cc1ncc(C(F)(F)F)nc1NC(=O)[C@@H]1C[C@@]2(C)[I-][C@H]2N1C(=O)OC(C)(C)C. The zero-order chi connectivity index (χ0) is 21.1. The van der Waals surface area contributed by atoms with E-state index in [1.807, 2.05) is 6.92 Å². The van der Waals surface area contributed by atoms with Crippen LogP contribution in [0.1, 0.15) is 45.5 Å². The van der Waals surface area contributed by atoms with Crippen molar-refractivity contribution in [3.8, 4) is 0 Å². The molecule has 28 heavy (non-hydrogen) atoms. The second-order valence-electron chi connectivity index (χ2n) is 8.01. The number of amides is 2. The van der Waals surface area contributed by atoms with Crippen LogP contribution < -0.4 is 26.5 Å². The number of anilines is 1. The van der Waals surface area contributed by atoms with Gasteiger partial charge in [0.05, 0.1) is 0 Å². The Kier molecular flexibility index (Phi) is 5.04. The molecule has 2 aliphatic rings. The van der Waals surface area contributed by atoms with Gasteiger partial charge in [-0.2, -0.15) is 0 Å². The molecule has 156 valence electrons. The van der Waals surface area contributed by atoms with Gasteiger partial charge in [0.15, 0.2) is 0 Å². The zero-order valence-electron chi connectivity index (χ0n) is 16.0. The topological polar surface area (TPSA) is 84.4 Å². The molecule has 7 nitrogen and oxygen atoms in total. The van der Waals surface area contributed by atoms with Gasteiger partial charge >= 0.3 is 171 Å². The van der Waals surface area contributed by atoms with Gasteiger partial charge in [0.25, 0.3) is 0 Å². The fraction of sp³-hybridized carbons (Fsp3) is 0.647. The van der Waals surface area contributed by atoms with Crippen LogP contribution in [0.5, 0.6) is 0 Å². The summed E-state index contributed by atoms with van der Waals surface area (Å²) >= 11 is -0.274. The Morgan fingerprint density at radius 3 is 2.57 bits per heavy atom. The summed E-state index contributed by atoms with van der Waals surface area (Å²) in [6.07, 6.45) is -4.17. The number of halogens is 4. The van der Waals surface area contributed by atoms with E-state index in [-0.39, 0.29) is 40.2 Å². The summed E-state index contributed by atoms with van der Waals surface area (Å²) in [5.41, 5.74) is -1.75. The number of rotatable bonds is 2. The first-order valence-electron chi connectivity index (χ1n) is 8.59. The molecule has 2 aliphatic heterocycles. The molecular formula is C17H21F3IN4O3-. The molecule has 0 aliphatic carbocycles.